The third-order valence-corrected chi connectivity index (χ3v) is 4.77. The molecule has 0 saturated carbocycles. The number of nitrogens with one attached hydrogen (secondary N) is 1. The van der Waals surface area contributed by atoms with Gasteiger partial charge in [-0.25, -0.2) is 0 Å². The third kappa shape index (κ3) is 3.33. The van der Waals surface area contributed by atoms with Crippen LogP contribution in [0.15, 0.2) is 59.1 Å². The second-order valence-corrected chi connectivity index (χ2v) is 6.39. The summed E-state index contributed by atoms with van der Waals surface area (Å²) in [5.41, 5.74) is 5.51. The molecule has 1 N–H and O–H groups in total. The van der Waals surface area contributed by atoms with E-state index < -0.39 is 0 Å². The number of hydrogen-bond acceptors (Lipinski definition) is 2. The van der Waals surface area contributed by atoms with Crippen LogP contribution in [0.2, 0.25) is 0 Å². The summed E-state index contributed by atoms with van der Waals surface area (Å²) in [7, 11) is 0. The Labute approximate surface area is 131 Å². The summed E-state index contributed by atoms with van der Waals surface area (Å²) in [5, 5.41) is 3.66. The van der Waals surface area contributed by atoms with E-state index in [1.54, 1.807) is 0 Å². The molecule has 1 aliphatic carbocycles. The van der Waals surface area contributed by atoms with Gasteiger partial charge in [0.05, 0.1) is 0 Å². The predicted octanol–water partition coefficient (Wildman–Crippen LogP) is 5.05. The van der Waals surface area contributed by atoms with Gasteiger partial charge in [-0.05, 0) is 60.9 Å². The molecule has 0 amide bonds. The Hall–Kier alpha value is -1.67. The van der Waals surface area contributed by atoms with Crippen molar-refractivity contribution in [1.29, 1.82) is 0 Å². The van der Waals surface area contributed by atoms with Gasteiger partial charge in [-0.2, -0.15) is 0 Å². The summed E-state index contributed by atoms with van der Waals surface area (Å²) in [6.07, 6.45) is 6.67. The summed E-state index contributed by atoms with van der Waals surface area (Å²) in [4.78, 5) is 1.36. The average Bonchev–Trinajstić information content (AvgIpc) is 2.55. The maximum atomic E-state index is 3.66. The molecule has 0 radical (unpaired) electrons. The minimum absolute atomic E-state index is 0.351. The van der Waals surface area contributed by atoms with Crippen molar-refractivity contribution in [3.63, 3.8) is 0 Å². The van der Waals surface area contributed by atoms with Gasteiger partial charge in [0.25, 0.3) is 0 Å². The molecule has 1 aliphatic rings. The molecular formula is C19H21NS. The van der Waals surface area contributed by atoms with Crippen LogP contribution >= 0.6 is 11.8 Å². The fraction of sp³-hybridized carbons (Fsp3) is 0.263. The Morgan fingerprint density at radius 2 is 1.86 bits per heavy atom. The quantitative estimate of drug-likeness (QED) is 0.792. The topological polar surface area (TPSA) is 12.0 Å². The standard InChI is InChI=1S/C19H21NS/c1-14(15-6-4-3-5-7-15)20-18-10-8-17-13-19(21-2)11-9-16(17)12-18/h3-7,9,11-14,20H,8,10H2,1-2H3. The van der Waals surface area contributed by atoms with Gasteiger partial charge in [0.15, 0.2) is 0 Å². The van der Waals surface area contributed by atoms with E-state index in [-0.39, 0.29) is 0 Å². The van der Waals surface area contributed by atoms with E-state index in [1.807, 2.05) is 11.8 Å². The summed E-state index contributed by atoms with van der Waals surface area (Å²) in [6, 6.07) is 17.8. The first-order valence-electron chi connectivity index (χ1n) is 7.45. The van der Waals surface area contributed by atoms with Crippen LogP contribution in [0.3, 0.4) is 0 Å². The van der Waals surface area contributed by atoms with Crippen LogP contribution in [0.1, 0.15) is 36.1 Å². The van der Waals surface area contributed by atoms with Crippen LogP contribution in [0.4, 0.5) is 0 Å². The maximum absolute atomic E-state index is 3.66. The molecule has 2 heteroatoms. The predicted molar refractivity (Wildman–Crippen MR) is 92.5 cm³/mol. The molecule has 0 aromatic heterocycles. The van der Waals surface area contributed by atoms with E-state index in [2.05, 4.69) is 73.1 Å². The zero-order valence-corrected chi connectivity index (χ0v) is 13.4. The summed E-state index contributed by atoms with van der Waals surface area (Å²) in [5.74, 6) is 0. The highest BCUT2D eigenvalue weighted by Crippen LogP contribution is 2.28. The van der Waals surface area contributed by atoms with Gasteiger partial charge in [-0.15, -0.1) is 11.8 Å². The highest BCUT2D eigenvalue weighted by atomic mass is 32.2. The molecule has 3 rings (SSSR count). The summed E-state index contributed by atoms with van der Waals surface area (Å²) >= 11 is 1.81. The molecule has 0 saturated heterocycles. The first kappa shape index (κ1) is 14.3. The molecule has 0 aliphatic heterocycles. The Balaban J connectivity index is 1.76. The molecule has 1 atom stereocenters. The van der Waals surface area contributed by atoms with Gasteiger partial charge in [0.2, 0.25) is 0 Å². The fourth-order valence-corrected chi connectivity index (χ4v) is 3.28. The lowest BCUT2D eigenvalue weighted by atomic mass is 9.95. The van der Waals surface area contributed by atoms with E-state index in [0.717, 1.165) is 12.8 Å². The van der Waals surface area contributed by atoms with Crippen molar-refractivity contribution in [3.05, 3.63) is 70.9 Å². The minimum atomic E-state index is 0.351. The van der Waals surface area contributed by atoms with Crippen LogP contribution in [-0.4, -0.2) is 6.26 Å². The Kier molecular flexibility index (Phi) is 4.35. The second-order valence-electron chi connectivity index (χ2n) is 5.51. The Bertz CT molecular complexity index is 646. The average molecular weight is 295 g/mol. The van der Waals surface area contributed by atoms with Crippen molar-refractivity contribution >= 4 is 17.8 Å². The number of rotatable bonds is 4. The summed E-state index contributed by atoms with van der Waals surface area (Å²) in [6.45, 7) is 2.22. The lowest BCUT2D eigenvalue weighted by Crippen LogP contribution is -2.20. The highest BCUT2D eigenvalue weighted by molar-refractivity contribution is 7.98. The molecule has 0 fully saturated rings. The Morgan fingerprint density at radius 3 is 2.62 bits per heavy atom. The van der Waals surface area contributed by atoms with E-state index in [4.69, 9.17) is 0 Å². The van der Waals surface area contributed by atoms with Crippen molar-refractivity contribution in [2.45, 2.75) is 30.7 Å². The molecule has 0 spiro atoms. The minimum Gasteiger partial charge on any atom is -0.382 e. The van der Waals surface area contributed by atoms with Crippen LogP contribution in [0.5, 0.6) is 0 Å². The van der Waals surface area contributed by atoms with Gasteiger partial charge in [-0.1, -0.05) is 36.4 Å². The smallest absolute Gasteiger partial charge is 0.0482 e. The monoisotopic (exact) mass is 295 g/mol. The SMILES string of the molecule is CSc1ccc2c(c1)CCC(NC(C)c1ccccc1)=C2. The molecule has 2 aromatic carbocycles. The van der Waals surface area contributed by atoms with E-state index in [0.29, 0.717) is 6.04 Å². The largest absolute Gasteiger partial charge is 0.382 e. The number of allylic oxidation sites excluding steroid dienone is 1. The van der Waals surface area contributed by atoms with E-state index >= 15 is 0 Å². The van der Waals surface area contributed by atoms with Gasteiger partial charge in [-0.3, -0.25) is 0 Å². The van der Waals surface area contributed by atoms with Crippen LogP contribution in [0, 0.1) is 0 Å². The van der Waals surface area contributed by atoms with Crippen LogP contribution in [-0.2, 0) is 6.42 Å². The number of aryl methyl sites for hydroxylation is 1. The number of thioether (sulfide) groups is 1. The molecule has 1 unspecified atom stereocenters. The van der Waals surface area contributed by atoms with Crippen molar-refractivity contribution in [2.75, 3.05) is 6.26 Å². The van der Waals surface area contributed by atoms with Crippen molar-refractivity contribution in [1.82, 2.24) is 5.32 Å². The van der Waals surface area contributed by atoms with Gasteiger partial charge >= 0.3 is 0 Å². The highest BCUT2D eigenvalue weighted by Gasteiger charge is 2.13. The van der Waals surface area contributed by atoms with Crippen LogP contribution in [0.25, 0.3) is 6.08 Å². The Morgan fingerprint density at radius 1 is 1.05 bits per heavy atom. The van der Waals surface area contributed by atoms with Crippen LogP contribution < -0.4 is 5.32 Å². The molecule has 0 heterocycles. The maximum Gasteiger partial charge on any atom is 0.0482 e. The van der Waals surface area contributed by atoms with Gasteiger partial charge < -0.3 is 5.32 Å². The molecular weight excluding hydrogens is 274 g/mol. The van der Waals surface area contributed by atoms with Crippen molar-refractivity contribution in [3.8, 4) is 0 Å². The third-order valence-electron chi connectivity index (χ3n) is 4.05. The molecule has 2 aromatic rings. The zero-order valence-electron chi connectivity index (χ0n) is 12.6. The zero-order chi connectivity index (χ0) is 14.7. The molecule has 108 valence electrons. The fourth-order valence-electron chi connectivity index (χ4n) is 2.81. The first-order chi connectivity index (χ1) is 10.3. The van der Waals surface area contributed by atoms with E-state index in [1.165, 1.54) is 27.3 Å². The van der Waals surface area contributed by atoms with E-state index in [9.17, 15) is 0 Å². The second kappa shape index (κ2) is 6.40. The van der Waals surface area contributed by atoms with Crippen molar-refractivity contribution < 1.29 is 0 Å². The molecule has 1 nitrogen and oxygen atoms in total. The molecule has 0 bridgehead atoms. The first-order valence-corrected chi connectivity index (χ1v) is 8.67. The lowest BCUT2D eigenvalue weighted by Gasteiger charge is -2.22. The molecule has 21 heavy (non-hydrogen) atoms. The number of benzene rings is 2. The van der Waals surface area contributed by atoms with Gasteiger partial charge in [0.1, 0.15) is 0 Å². The normalized spacial score (nSPS) is 15.0. The lowest BCUT2D eigenvalue weighted by molar-refractivity contribution is 0.627. The van der Waals surface area contributed by atoms with Crippen molar-refractivity contribution in [2.24, 2.45) is 0 Å². The summed E-state index contributed by atoms with van der Waals surface area (Å²) < 4.78 is 0. The number of hydrogen-bond donors (Lipinski definition) is 1. The number of fused-ring (bicyclic) bond motifs is 1. The van der Waals surface area contributed by atoms with Gasteiger partial charge in [0, 0.05) is 16.6 Å².